The van der Waals surface area contributed by atoms with Gasteiger partial charge in [0.15, 0.2) is 0 Å². The van der Waals surface area contributed by atoms with Crippen LogP contribution >= 0.6 is 8.58 Å². The Morgan fingerprint density at radius 2 is 1.63 bits per heavy atom. The average molecular weight is 501 g/mol. The van der Waals surface area contributed by atoms with Gasteiger partial charge in [-0.3, -0.25) is 0 Å². The minimum absolute atomic E-state index is 0.859. The Labute approximate surface area is 221 Å². The van der Waals surface area contributed by atoms with Gasteiger partial charge in [0, 0.05) is 19.8 Å². The van der Waals surface area contributed by atoms with Crippen molar-refractivity contribution in [3.05, 3.63) is 73.0 Å². The molecule has 2 rings (SSSR count). The van der Waals surface area contributed by atoms with E-state index in [4.69, 9.17) is 0 Å². The van der Waals surface area contributed by atoms with E-state index in [1.54, 1.807) is 0 Å². The highest BCUT2D eigenvalue weighted by atomic mass is 31.1. The first-order valence-corrected chi connectivity index (χ1v) is 15.1. The number of hydrogen-bond acceptors (Lipinski definition) is 2. The van der Waals surface area contributed by atoms with E-state index in [1.165, 1.54) is 75.2 Å². The van der Waals surface area contributed by atoms with Crippen molar-refractivity contribution in [3.8, 4) is 0 Å². The first kappa shape index (κ1) is 33.5. The molecule has 0 aromatic rings. The van der Waals surface area contributed by atoms with Crippen LogP contribution in [-0.2, 0) is 0 Å². The summed E-state index contributed by atoms with van der Waals surface area (Å²) in [5.74, 6) is 2.76. The largest absolute Gasteiger partial charge is 0.375 e. The highest BCUT2D eigenvalue weighted by Crippen LogP contribution is 2.42. The zero-order chi connectivity index (χ0) is 26.6. The van der Waals surface area contributed by atoms with E-state index in [9.17, 15) is 0 Å². The lowest BCUT2D eigenvalue weighted by Gasteiger charge is -2.27. The van der Waals surface area contributed by atoms with Crippen molar-refractivity contribution in [2.75, 3.05) is 14.1 Å². The van der Waals surface area contributed by atoms with E-state index >= 15 is 0 Å². The molecule has 3 heteroatoms. The van der Waals surface area contributed by atoms with E-state index in [2.05, 4.69) is 49.5 Å². The molecule has 2 fully saturated rings. The van der Waals surface area contributed by atoms with Gasteiger partial charge in [-0.25, -0.2) is 0 Å². The minimum atomic E-state index is 0.859. The number of nitrogens with one attached hydrogen (secondary N) is 1. The van der Waals surface area contributed by atoms with Gasteiger partial charge in [-0.1, -0.05) is 125 Å². The maximum absolute atomic E-state index is 4.19. The molecular formula is C32H57N2P. The molecule has 0 amide bonds. The first-order chi connectivity index (χ1) is 16.8. The summed E-state index contributed by atoms with van der Waals surface area (Å²) in [5, 5.41) is 4.29. The predicted molar refractivity (Wildman–Crippen MR) is 164 cm³/mol. The molecule has 3 atom stereocenters. The van der Waals surface area contributed by atoms with Crippen LogP contribution in [0.1, 0.15) is 98.3 Å². The standard InChI is InChI=1S/C16H25P.C14H26N2.C2H6/c1-5-6-7-10-14(3)15(4)17-16-11-8-9-13(2)12-16;1-12(16(4)13(2)15-3)10-11-14-8-6-5-7-9-14;1-2/h5-7,10,13,16-17H,3-4,8-9,11-12H2,1-2H3;14-15H,1-2,5-11H2,3-4H3;1-2H3/b6-5-,10-7-;;. The van der Waals surface area contributed by atoms with Gasteiger partial charge in [-0.2, -0.15) is 0 Å². The topological polar surface area (TPSA) is 15.3 Å². The van der Waals surface area contributed by atoms with Gasteiger partial charge in [-0.05, 0) is 61.0 Å². The van der Waals surface area contributed by atoms with E-state index in [1.807, 2.05) is 53.1 Å². The zero-order valence-electron chi connectivity index (χ0n) is 24.1. The summed E-state index contributed by atoms with van der Waals surface area (Å²) < 4.78 is 0. The molecule has 3 unspecified atom stereocenters. The van der Waals surface area contributed by atoms with Crippen LogP contribution in [0.15, 0.2) is 73.0 Å². The lowest BCUT2D eigenvalue weighted by molar-refractivity contribution is 0.328. The number of nitrogens with zero attached hydrogens (tertiary/aromatic N) is 1. The molecule has 1 N–H and O–H groups in total. The van der Waals surface area contributed by atoms with E-state index in [-0.39, 0.29) is 0 Å². The monoisotopic (exact) mass is 500 g/mol. The van der Waals surface area contributed by atoms with Gasteiger partial charge in [0.25, 0.3) is 0 Å². The molecule has 200 valence electrons. The molecule has 0 spiro atoms. The van der Waals surface area contributed by atoms with Crippen LogP contribution in [0.25, 0.3) is 0 Å². The van der Waals surface area contributed by atoms with Gasteiger partial charge in [0.05, 0.1) is 5.82 Å². The van der Waals surface area contributed by atoms with Gasteiger partial charge < -0.3 is 10.2 Å². The Kier molecular flexibility index (Phi) is 19.7. The maximum atomic E-state index is 4.19. The molecule has 0 aliphatic heterocycles. The Morgan fingerprint density at radius 3 is 2.20 bits per heavy atom. The molecule has 2 nitrogen and oxygen atoms in total. The second kappa shape index (κ2) is 20.6. The van der Waals surface area contributed by atoms with E-state index < -0.39 is 0 Å². The van der Waals surface area contributed by atoms with Crippen LogP contribution < -0.4 is 5.32 Å². The van der Waals surface area contributed by atoms with Crippen LogP contribution in [0.3, 0.4) is 0 Å². The van der Waals surface area contributed by atoms with E-state index in [0.29, 0.717) is 0 Å². The van der Waals surface area contributed by atoms with Crippen molar-refractivity contribution in [2.24, 2.45) is 11.8 Å². The third kappa shape index (κ3) is 15.2. The number of hydrogen-bond donors (Lipinski definition) is 1. The second-order valence-electron chi connectivity index (χ2n) is 9.87. The van der Waals surface area contributed by atoms with Crippen LogP contribution in [0.2, 0.25) is 0 Å². The van der Waals surface area contributed by atoms with E-state index in [0.717, 1.165) is 43.9 Å². The Hall–Kier alpha value is -1.53. The molecule has 35 heavy (non-hydrogen) atoms. The lowest BCUT2D eigenvalue weighted by Crippen LogP contribution is -2.24. The third-order valence-corrected chi connectivity index (χ3v) is 8.64. The summed E-state index contributed by atoms with van der Waals surface area (Å²) >= 11 is 0. The summed E-state index contributed by atoms with van der Waals surface area (Å²) in [4.78, 5) is 2.06. The molecule has 0 aromatic heterocycles. The molecule has 0 radical (unpaired) electrons. The summed E-state index contributed by atoms with van der Waals surface area (Å²) in [5.41, 5.74) is 3.13. The fourth-order valence-corrected chi connectivity index (χ4v) is 6.29. The normalized spacial score (nSPS) is 20.6. The highest BCUT2D eigenvalue weighted by Gasteiger charge is 2.19. The zero-order valence-corrected chi connectivity index (χ0v) is 25.1. The lowest BCUT2D eigenvalue weighted by atomic mass is 9.86. The van der Waals surface area contributed by atoms with Crippen LogP contribution in [0.5, 0.6) is 0 Å². The molecule has 0 bridgehead atoms. The molecule has 0 saturated heterocycles. The van der Waals surface area contributed by atoms with Crippen molar-refractivity contribution in [3.63, 3.8) is 0 Å². The van der Waals surface area contributed by atoms with Crippen molar-refractivity contribution in [2.45, 2.75) is 104 Å². The SMILES string of the molecule is C=C(/C=C\C=C/C)C(=C)PC1CCCC(C)C1.C=C(CCC1CCCCC1)N(C)C(=C)NC.CC. The van der Waals surface area contributed by atoms with Gasteiger partial charge in [-0.15, -0.1) is 0 Å². The van der Waals surface area contributed by atoms with Crippen molar-refractivity contribution in [1.29, 1.82) is 0 Å². The fourth-order valence-electron chi connectivity index (χ4n) is 4.66. The van der Waals surface area contributed by atoms with Crippen LogP contribution in [-0.4, -0.2) is 24.7 Å². The summed E-state index contributed by atoms with van der Waals surface area (Å²) in [6.45, 7) is 24.8. The maximum Gasteiger partial charge on any atom is 0.0975 e. The Balaban J connectivity index is 0.000000618. The van der Waals surface area contributed by atoms with Crippen LogP contribution in [0, 0.1) is 11.8 Å². The minimum Gasteiger partial charge on any atom is -0.375 e. The number of rotatable bonds is 11. The van der Waals surface area contributed by atoms with Gasteiger partial charge in [0.2, 0.25) is 0 Å². The summed E-state index contributed by atoms with van der Waals surface area (Å²) in [6.07, 6.45) is 23.3. The molecule has 0 aromatic carbocycles. The molecule has 2 aliphatic rings. The van der Waals surface area contributed by atoms with Crippen molar-refractivity contribution >= 4 is 8.58 Å². The Morgan fingerprint density at radius 1 is 0.971 bits per heavy atom. The molecule has 2 saturated carbocycles. The first-order valence-electron chi connectivity index (χ1n) is 14.0. The van der Waals surface area contributed by atoms with Crippen molar-refractivity contribution < 1.29 is 0 Å². The fraction of sp³-hybridized carbons (Fsp3) is 0.625. The third-order valence-electron chi connectivity index (χ3n) is 7.04. The van der Waals surface area contributed by atoms with Gasteiger partial charge >= 0.3 is 0 Å². The van der Waals surface area contributed by atoms with Gasteiger partial charge in [0.1, 0.15) is 0 Å². The molecular weight excluding hydrogens is 443 g/mol. The number of allylic oxidation sites excluding steroid dienone is 7. The second-order valence-corrected chi connectivity index (χ2v) is 11.6. The van der Waals surface area contributed by atoms with Crippen molar-refractivity contribution in [1.82, 2.24) is 10.2 Å². The average Bonchev–Trinajstić information content (AvgIpc) is 2.88. The molecule has 0 heterocycles. The quantitative estimate of drug-likeness (QED) is 0.224. The van der Waals surface area contributed by atoms with Crippen LogP contribution in [0.4, 0.5) is 0 Å². The Bertz CT molecular complexity index is 682. The molecule has 2 aliphatic carbocycles. The summed E-state index contributed by atoms with van der Waals surface area (Å²) in [7, 11) is 4.79. The summed E-state index contributed by atoms with van der Waals surface area (Å²) in [6, 6.07) is 0. The highest BCUT2D eigenvalue weighted by molar-refractivity contribution is 7.44. The smallest absolute Gasteiger partial charge is 0.0975 e. The predicted octanol–water partition coefficient (Wildman–Crippen LogP) is 9.95.